The zero-order chi connectivity index (χ0) is 25.2. The first-order valence-electron chi connectivity index (χ1n) is 13.1. The summed E-state index contributed by atoms with van der Waals surface area (Å²) >= 11 is 6.12. The lowest BCUT2D eigenvalue weighted by molar-refractivity contribution is -0.133. The first-order valence-corrected chi connectivity index (χ1v) is 13.5. The van der Waals surface area contributed by atoms with Crippen LogP contribution in [0, 0.1) is 0 Å². The minimum atomic E-state index is -0.528. The summed E-state index contributed by atoms with van der Waals surface area (Å²) in [5.74, 6) is 0.940. The highest BCUT2D eigenvalue weighted by Crippen LogP contribution is 2.42. The molecule has 0 bridgehead atoms. The molecule has 0 spiro atoms. The molecule has 2 fully saturated rings. The normalized spacial score (nSPS) is 27.1. The van der Waals surface area contributed by atoms with Crippen molar-refractivity contribution in [1.29, 1.82) is 0 Å². The van der Waals surface area contributed by atoms with Crippen LogP contribution >= 0.6 is 11.6 Å². The van der Waals surface area contributed by atoms with Gasteiger partial charge in [-0.15, -0.1) is 0 Å². The summed E-state index contributed by atoms with van der Waals surface area (Å²) in [5, 5.41) is 24.4. The van der Waals surface area contributed by atoms with Gasteiger partial charge in [0, 0.05) is 49.4 Å². The second-order valence-electron chi connectivity index (χ2n) is 10.5. The predicted molar refractivity (Wildman–Crippen MR) is 139 cm³/mol. The Morgan fingerprint density at radius 1 is 1.08 bits per heavy atom. The highest BCUT2D eigenvalue weighted by Gasteiger charge is 2.35. The largest absolute Gasteiger partial charge is 0.393 e. The predicted octanol–water partition coefficient (Wildman–Crippen LogP) is 3.00. The first kappa shape index (κ1) is 25.4. The molecule has 9 heteroatoms. The average Bonchev–Trinajstić information content (AvgIpc) is 3.19. The van der Waals surface area contributed by atoms with Gasteiger partial charge in [0.15, 0.2) is 0 Å². The zero-order valence-corrected chi connectivity index (χ0v) is 21.6. The molecule has 0 unspecified atom stereocenters. The Balaban J connectivity index is 1.26. The summed E-state index contributed by atoms with van der Waals surface area (Å²) < 4.78 is 0. The van der Waals surface area contributed by atoms with Crippen molar-refractivity contribution in [1.82, 2.24) is 20.2 Å². The van der Waals surface area contributed by atoms with Crippen molar-refractivity contribution in [3.05, 3.63) is 52.4 Å². The molecule has 1 aliphatic heterocycles. The monoisotopic (exact) mass is 513 g/mol. The average molecular weight is 514 g/mol. The fraction of sp³-hybridized carbons (Fsp3) is 0.593. The number of fused-ring (bicyclic) bond motifs is 1. The van der Waals surface area contributed by atoms with Gasteiger partial charge >= 0.3 is 0 Å². The smallest absolute Gasteiger partial charge is 0.231 e. The van der Waals surface area contributed by atoms with Crippen molar-refractivity contribution in [3.63, 3.8) is 0 Å². The molecule has 1 saturated carbocycles. The van der Waals surface area contributed by atoms with Crippen LogP contribution in [-0.2, 0) is 4.79 Å². The maximum Gasteiger partial charge on any atom is 0.231 e. The molecular weight excluding hydrogens is 478 g/mol. The number of rotatable bonds is 6. The summed E-state index contributed by atoms with van der Waals surface area (Å²) in [6.07, 6.45) is 4.96. The molecule has 1 amide bonds. The third-order valence-electron chi connectivity index (χ3n) is 8.05. The van der Waals surface area contributed by atoms with Gasteiger partial charge in [0.1, 0.15) is 12.1 Å². The number of carbonyl (C=O) groups excluding carboxylic acids is 1. The van der Waals surface area contributed by atoms with Gasteiger partial charge in [-0.2, -0.15) is 0 Å². The van der Waals surface area contributed by atoms with Crippen LogP contribution in [0.4, 0.5) is 5.82 Å². The van der Waals surface area contributed by atoms with Crippen molar-refractivity contribution < 1.29 is 15.0 Å². The highest BCUT2D eigenvalue weighted by atomic mass is 35.5. The number of nitrogens with zero attached hydrogens (tertiary/aromatic N) is 4. The maximum atomic E-state index is 13.8. The molecule has 194 valence electrons. The quantitative estimate of drug-likeness (QED) is 0.545. The van der Waals surface area contributed by atoms with Crippen LogP contribution in [0.3, 0.4) is 0 Å². The summed E-state index contributed by atoms with van der Waals surface area (Å²) in [7, 11) is 0. The van der Waals surface area contributed by atoms with Crippen molar-refractivity contribution in [3.8, 4) is 0 Å². The molecule has 2 aliphatic carbocycles. The first-order chi connectivity index (χ1) is 17.4. The number of hydrogen-bond acceptors (Lipinski definition) is 7. The number of piperazine rings is 1. The van der Waals surface area contributed by atoms with Gasteiger partial charge < -0.3 is 25.3 Å². The molecule has 8 nitrogen and oxygen atoms in total. The number of halogens is 1. The molecule has 2 aromatic rings. The Hall–Kier alpha value is -2.26. The molecule has 3 atom stereocenters. The minimum Gasteiger partial charge on any atom is -0.393 e. The lowest BCUT2D eigenvalue weighted by Crippen LogP contribution is -2.51. The standard InChI is InChI=1S/C27H36ClN5O3/c1-17-14-23(35)25-24(17)26(31-16-30-25)32-10-12-33(13-11-32)27(36)22(18-2-4-19(28)5-3-18)15-29-20-6-8-21(34)9-7-20/h2-5,16-17,20-23,29,34-35H,6-15H2,1H3/t17-,20-,21-,22-,23-/m1/s1. The van der Waals surface area contributed by atoms with E-state index in [4.69, 9.17) is 11.6 Å². The molecule has 1 saturated heterocycles. The number of amides is 1. The van der Waals surface area contributed by atoms with Gasteiger partial charge in [0.2, 0.25) is 5.91 Å². The van der Waals surface area contributed by atoms with Crippen molar-refractivity contribution in [2.75, 3.05) is 37.6 Å². The van der Waals surface area contributed by atoms with Crippen LogP contribution in [0.2, 0.25) is 5.02 Å². The molecule has 1 aromatic heterocycles. The number of hydrogen-bond donors (Lipinski definition) is 3. The zero-order valence-electron chi connectivity index (χ0n) is 20.8. The van der Waals surface area contributed by atoms with E-state index < -0.39 is 6.10 Å². The lowest BCUT2D eigenvalue weighted by atomic mass is 9.91. The Labute approximate surface area is 217 Å². The van der Waals surface area contributed by atoms with E-state index in [0.717, 1.165) is 48.3 Å². The number of carbonyl (C=O) groups is 1. The van der Waals surface area contributed by atoms with Crippen LogP contribution < -0.4 is 10.2 Å². The summed E-state index contributed by atoms with van der Waals surface area (Å²) in [4.78, 5) is 26.9. The summed E-state index contributed by atoms with van der Waals surface area (Å²) in [6, 6.07) is 7.91. The summed E-state index contributed by atoms with van der Waals surface area (Å²) in [6.45, 7) is 5.30. The van der Waals surface area contributed by atoms with Gasteiger partial charge in [0.25, 0.3) is 0 Å². The molecule has 5 rings (SSSR count). The van der Waals surface area contributed by atoms with E-state index in [-0.39, 0.29) is 23.8 Å². The Morgan fingerprint density at radius 2 is 1.78 bits per heavy atom. The topological polar surface area (TPSA) is 102 Å². The van der Waals surface area contributed by atoms with Crippen LogP contribution in [0.15, 0.2) is 30.6 Å². The minimum absolute atomic E-state index is 0.122. The van der Waals surface area contributed by atoms with Crippen molar-refractivity contribution >= 4 is 23.3 Å². The van der Waals surface area contributed by atoms with E-state index in [2.05, 4.69) is 27.1 Å². The molecule has 1 aromatic carbocycles. The van der Waals surface area contributed by atoms with Crippen LogP contribution in [0.5, 0.6) is 0 Å². The van der Waals surface area contributed by atoms with E-state index in [1.165, 1.54) is 0 Å². The van der Waals surface area contributed by atoms with Gasteiger partial charge in [-0.25, -0.2) is 9.97 Å². The Morgan fingerprint density at radius 3 is 2.47 bits per heavy atom. The van der Waals surface area contributed by atoms with Gasteiger partial charge in [0.05, 0.1) is 23.8 Å². The van der Waals surface area contributed by atoms with Crippen molar-refractivity contribution in [2.24, 2.45) is 0 Å². The fourth-order valence-corrected chi connectivity index (χ4v) is 6.05. The lowest BCUT2D eigenvalue weighted by Gasteiger charge is -2.38. The van der Waals surface area contributed by atoms with E-state index >= 15 is 0 Å². The van der Waals surface area contributed by atoms with Gasteiger partial charge in [-0.05, 0) is 55.7 Å². The third kappa shape index (κ3) is 5.37. The van der Waals surface area contributed by atoms with E-state index in [1.54, 1.807) is 6.33 Å². The van der Waals surface area contributed by atoms with E-state index in [1.807, 2.05) is 29.2 Å². The summed E-state index contributed by atoms with van der Waals surface area (Å²) in [5.41, 5.74) is 2.76. The van der Waals surface area contributed by atoms with Crippen LogP contribution in [0.25, 0.3) is 0 Å². The number of aliphatic hydroxyl groups is 2. The van der Waals surface area contributed by atoms with Crippen LogP contribution in [0.1, 0.15) is 73.8 Å². The van der Waals surface area contributed by atoms with E-state index in [9.17, 15) is 15.0 Å². The van der Waals surface area contributed by atoms with Gasteiger partial charge in [-0.1, -0.05) is 30.7 Å². The second-order valence-corrected chi connectivity index (χ2v) is 10.9. The molecule has 3 aliphatic rings. The highest BCUT2D eigenvalue weighted by molar-refractivity contribution is 6.30. The molecule has 36 heavy (non-hydrogen) atoms. The molecule has 2 heterocycles. The third-order valence-corrected chi connectivity index (χ3v) is 8.30. The SMILES string of the molecule is C[C@@H]1C[C@@H](O)c2ncnc(N3CCN(C(=O)[C@H](CN[C@H]4CC[C@H](O)CC4)c4ccc(Cl)cc4)CC3)c21. The van der Waals surface area contributed by atoms with Gasteiger partial charge in [-0.3, -0.25) is 4.79 Å². The van der Waals surface area contributed by atoms with E-state index in [0.29, 0.717) is 50.2 Å². The number of benzene rings is 1. The molecule has 3 N–H and O–H groups in total. The fourth-order valence-electron chi connectivity index (χ4n) is 5.92. The Bertz CT molecular complexity index is 1050. The molecular formula is C27H36ClN5O3. The number of nitrogens with one attached hydrogen (secondary N) is 1. The van der Waals surface area contributed by atoms with Crippen molar-refractivity contribution in [2.45, 2.75) is 69.1 Å². The second kappa shape index (κ2) is 11.0. The number of aliphatic hydroxyl groups excluding tert-OH is 2. The Kier molecular flexibility index (Phi) is 7.76. The maximum absolute atomic E-state index is 13.8. The molecule has 0 radical (unpaired) electrons. The number of aromatic nitrogens is 2. The van der Waals surface area contributed by atoms with Crippen LogP contribution in [-0.4, -0.2) is 75.9 Å². The number of anilines is 1.